The van der Waals surface area contributed by atoms with Crippen molar-refractivity contribution in [1.29, 1.82) is 0 Å². The maximum atomic E-state index is 11.6. The van der Waals surface area contributed by atoms with Gasteiger partial charge in [0, 0.05) is 24.2 Å². The minimum Gasteiger partial charge on any atom is -0.494 e. The summed E-state index contributed by atoms with van der Waals surface area (Å²) < 4.78 is 5.50. The molecule has 1 unspecified atom stereocenters. The van der Waals surface area contributed by atoms with Crippen LogP contribution in [0.1, 0.15) is 33.1 Å². The molecule has 0 aliphatic rings. The molecule has 1 aromatic carbocycles. The van der Waals surface area contributed by atoms with Crippen LogP contribution in [-0.2, 0) is 4.79 Å². The molecule has 0 aliphatic heterocycles. The molecule has 0 saturated carbocycles. The number of ether oxygens (including phenoxy) is 1. The molecule has 4 nitrogen and oxygen atoms in total. The molecular formula is C14H23ClN2O2. The molecule has 0 fully saturated rings. The van der Waals surface area contributed by atoms with Crippen LogP contribution in [0.4, 0.5) is 5.69 Å². The van der Waals surface area contributed by atoms with Gasteiger partial charge in [0.05, 0.1) is 6.61 Å². The second kappa shape index (κ2) is 9.64. The fourth-order valence-corrected chi connectivity index (χ4v) is 1.47. The maximum Gasteiger partial charge on any atom is 0.224 e. The number of hydrogen-bond acceptors (Lipinski definition) is 3. The molecule has 5 heteroatoms. The fourth-order valence-electron chi connectivity index (χ4n) is 1.47. The minimum absolute atomic E-state index is 0. The number of nitrogens with two attached hydrogens (primary N) is 1. The van der Waals surface area contributed by atoms with E-state index in [-0.39, 0.29) is 24.4 Å². The lowest BCUT2D eigenvalue weighted by Gasteiger charge is -2.09. The highest BCUT2D eigenvalue weighted by molar-refractivity contribution is 5.90. The third kappa shape index (κ3) is 7.70. The predicted octanol–water partition coefficient (Wildman–Crippen LogP) is 2.96. The Morgan fingerprint density at radius 3 is 2.84 bits per heavy atom. The molecular weight excluding hydrogens is 264 g/mol. The van der Waals surface area contributed by atoms with Crippen LogP contribution in [0.2, 0.25) is 0 Å². The van der Waals surface area contributed by atoms with Crippen molar-refractivity contribution in [2.24, 2.45) is 5.73 Å². The Kier molecular flexibility index (Phi) is 9.00. The van der Waals surface area contributed by atoms with Crippen molar-refractivity contribution in [3.63, 3.8) is 0 Å². The Hall–Kier alpha value is -1.26. The first-order chi connectivity index (χ1) is 8.61. The van der Waals surface area contributed by atoms with Gasteiger partial charge in [0.2, 0.25) is 5.91 Å². The van der Waals surface area contributed by atoms with Crippen molar-refractivity contribution < 1.29 is 9.53 Å². The van der Waals surface area contributed by atoms with Gasteiger partial charge in [-0.2, -0.15) is 0 Å². The summed E-state index contributed by atoms with van der Waals surface area (Å²) in [5.41, 5.74) is 6.38. The van der Waals surface area contributed by atoms with E-state index in [9.17, 15) is 4.79 Å². The fraction of sp³-hybridized carbons (Fsp3) is 0.500. The first-order valence-electron chi connectivity index (χ1n) is 6.40. The summed E-state index contributed by atoms with van der Waals surface area (Å²) in [6, 6.07) is 7.48. The zero-order valence-electron chi connectivity index (χ0n) is 11.5. The lowest BCUT2D eigenvalue weighted by molar-refractivity contribution is -0.116. The quantitative estimate of drug-likeness (QED) is 0.810. The molecule has 1 aromatic rings. The van der Waals surface area contributed by atoms with Crippen molar-refractivity contribution in [1.82, 2.24) is 0 Å². The summed E-state index contributed by atoms with van der Waals surface area (Å²) in [5.74, 6) is 0.766. The van der Waals surface area contributed by atoms with E-state index in [1.165, 1.54) is 0 Å². The Morgan fingerprint density at radius 1 is 1.47 bits per heavy atom. The number of amides is 1. The van der Waals surface area contributed by atoms with Crippen molar-refractivity contribution in [3.05, 3.63) is 24.3 Å². The van der Waals surface area contributed by atoms with Crippen molar-refractivity contribution in [2.45, 2.75) is 39.2 Å². The van der Waals surface area contributed by atoms with E-state index in [1.807, 2.05) is 31.2 Å². The number of carbonyl (C=O) groups excluding carboxylic acids is 1. The number of anilines is 1. The van der Waals surface area contributed by atoms with Crippen LogP contribution in [0.3, 0.4) is 0 Å². The lowest BCUT2D eigenvalue weighted by Crippen LogP contribution is -2.19. The largest absolute Gasteiger partial charge is 0.494 e. The molecule has 0 aliphatic carbocycles. The molecule has 108 valence electrons. The van der Waals surface area contributed by atoms with Gasteiger partial charge in [0.15, 0.2) is 0 Å². The second-order valence-electron chi connectivity index (χ2n) is 4.44. The minimum atomic E-state index is -0.0139. The lowest BCUT2D eigenvalue weighted by atomic mass is 10.2. The summed E-state index contributed by atoms with van der Waals surface area (Å²) in [4.78, 5) is 11.6. The van der Waals surface area contributed by atoms with Crippen molar-refractivity contribution >= 4 is 24.0 Å². The highest BCUT2D eigenvalue weighted by atomic mass is 35.5. The molecule has 1 amide bonds. The molecule has 0 saturated heterocycles. The summed E-state index contributed by atoms with van der Waals surface area (Å²) >= 11 is 0. The van der Waals surface area contributed by atoms with Crippen LogP contribution in [0.5, 0.6) is 5.75 Å². The van der Waals surface area contributed by atoms with Crippen LogP contribution in [0.25, 0.3) is 0 Å². The maximum absolute atomic E-state index is 11.6. The van der Waals surface area contributed by atoms with Crippen LogP contribution >= 0.6 is 12.4 Å². The monoisotopic (exact) mass is 286 g/mol. The third-order valence-electron chi connectivity index (χ3n) is 2.42. The molecule has 1 rings (SSSR count). The Bertz CT molecular complexity index is 383. The molecule has 0 spiro atoms. The molecule has 19 heavy (non-hydrogen) atoms. The smallest absolute Gasteiger partial charge is 0.224 e. The van der Waals surface area contributed by atoms with Crippen molar-refractivity contribution in [2.75, 3.05) is 11.9 Å². The van der Waals surface area contributed by atoms with Gasteiger partial charge in [-0.25, -0.2) is 0 Å². The van der Waals surface area contributed by atoms with E-state index in [1.54, 1.807) is 0 Å². The summed E-state index contributed by atoms with van der Waals surface area (Å²) in [6.07, 6.45) is 2.10. The standard InChI is InChI=1S/C14H22N2O2.ClH/c1-3-9-18-13-6-4-5-12(10-13)16-14(17)8-7-11(2)15;/h4-6,10-11H,3,7-9,15H2,1-2H3,(H,16,17);1H. The van der Waals surface area contributed by atoms with Gasteiger partial charge in [-0.05, 0) is 31.9 Å². The van der Waals surface area contributed by atoms with E-state index >= 15 is 0 Å². The second-order valence-corrected chi connectivity index (χ2v) is 4.44. The topological polar surface area (TPSA) is 64.3 Å². The Labute approximate surface area is 121 Å². The predicted molar refractivity (Wildman–Crippen MR) is 81.0 cm³/mol. The normalized spacial score (nSPS) is 11.3. The number of benzene rings is 1. The first-order valence-corrected chi connectivity index (χ1v) is 6.40. The summed E-state index contributed by atoms with van der Waals surface area (Å²) in [5, 5.41) is 2.84. The molecule has 0 aromatic heterocycles. The zero-order chi connectivity index (χ0) is 13.4. The summed E-state index contributed by atoms with van der Waals surface area (Å²) in [6.45, 7) is 4.63. The van der Waals surface area contributed by atoms with E-state index in [2.05, 4.69) is 12.2 Å². The van der Waals surface area contributed by atoms with Gasteiger partial charge in [0.1, 0.15) is 5.75 Å². The molecule has 3 N–H and O–H groups in total. The van der Waals surface area contributed by atoms with Crippen LogP contribution < -0.4 is 15.8 Å². The summed E-state index contributed by atoms with van der Waals surface area (Å²) in [7, 11) is 0. The molecule has 0 heterocycles. The van der Waals surface area contributed by atoms with Crippen LogP contribution in [0.15, 0.2) is 24.3 Å². The van der Waals surface area contributed by atoms with E-state index < -0.39 is 0 Å². The van der Waals surface area contributed by atoms with Gasteiger partial charge in [-0.15, -0.1) is 12.4 Å². The number of hydrogen-bond donors (Lipinski definition) is 2. The number of halogens is 1. The SMILES string of the molecule is CCCOc1cccc(NC(=O)CCC(C)N)c1.Cl. The van der Waals surface area contributed by atoms with Crippen molar-refractivity contribution in [3.8, 4) is 5.75 Å². The van der Waals surface area contributed by atoms with Gasteiger partial charge >= 0.3 is 0 Å². The average molecular weight is 287 g/mol. The van der Waals surface area contributed by atoms with Gasteiger partial charge in [-0.1, -0.05) is 13.0 Å². The number of nitrogens with one attached hydrogen (secondary N) is 1. The Balaban J connectivity index is 0.00000324. The number of rotatable bonds is 7. The Morgan fingerprint density at radius 2 is 2.21 bits per heavy atom. The highest BCUT2D eigenvalue weighted by Gasteiger charge is 2.04. The van der Waals surface area contributed by atoms with E-state index in [0.29, 0.717) is 19.4 Å². The van der Waals surface area contributed by atoms with Gasteiger partial charge in [0.25, 0.3) is 0 Å². The molecule has 0 bridgehead atoms. The van der Waals surface area contributed by atoms with Gasteiger partial charge in [-0.3, -0.25) is 4.79 Å². The number of carbonyl (C=O) groups is 1. The first kappa shape index (κ1) is 17.7. The van der Waals surface area contributed by atoms with Crippen LogP contribution in [-0.4, -0.2) is 18.6 Å². The molecule has 1 atom stereocenters. The van der Waals surface area contributed by atoms with Gasteiger partial charge < -0.3 is 15.8 Å². The van der Waals surface area contributed by atoms with E-state index in [0.717, 1.165) is 17.9 Å². The highest BCUT2D eigenvalue weighted by Crippen LogP contribution is 2.17. The van der Waals surface area contributed by atoms with E-state index in [4.69, 9.17) is 10.5 Å². The molecule has 0 radical (unpaired) electrons. The van der Waals surface area contributed by atoms with Crippen LogP contribution in [0, 0.1) is 0 Å². The average Bonchev–Trinajstić information content (AvgIpc) is 2.34. The zero-order valence-corrected chi connectivity index (χ0v) is 12.3. The third-order valence-corrected chi connectivity index (χ3v) is 2.42.